The van der Waals surface area contributed by atoms with Crippen molar-refractivity contribution < 1.29 is 4.79 Å². The first kappa shape index (κ1) is 15.0. The van der Waals surface area contributed by atoms with E-state index in [4.69, 9.17) is 23.2 Å². The van der Waals surface area contributed by atoms with E-state index in [0.29, 0.717) is 26.8 Å². The summed E-state index contributed by atoms with van der Waals surface area (Å²) in [5.41, 5.74) is 0.545. The third-order valence-corrected chi connectivity index (χ3v) is 4.41. The number of carbonyl (C=O) groups excluding carboxylic acids is 1. The van der Waals surface area contributed by atoms with Crippen molar-refractivity contribution in [1.29, 1.82) is 0 Å². The number of hydrogen-bond donors (Lipinski definition) is 0. The first-order valence-electron chi connectivity index (χ1n) is 5.71. The van der Waals surface area contributed by atoms with Crippen LogP contribution in [0.5, 0.6) is 0 Å². The summed E-state index contributed by atoms with van der Waals surface area (Å²) < 4.78 is 1.05. The fourth-order valence-corrected chi connectivity index (χ4v) is 3.14. The molecule has 0 bridgehead atoms. The molecule has 0 radical (unpaired) electrons. The first-order chi connectivity index (χ1) is 7.99. The van der Waals surface area contributed by atoms with E-state index in [0.717, 1.165) is 13.0 Å². The minimum absolute atomic E-state index is 0.0419. The van der Waals surface area contributed by atoms with Gasteiger partial charge in [-0.05, 0) is 26.0 Å². The van der Waals surface area contributed by atoms with Gasteiger partial charge in [-0.3, -0.25) is 9.69 Å². The van der Waals surface area contributed by atoms with Gasteiger partial charge in [0.05, 0.1) is 16.4 Å². The fraction of sp³-hybridized carbons (Fsp3) is 0.583. The Morgan fingerprint density at radius 2 is 2.12 bits per heavy atom. The van der Waals surface area contributed by atoms with Gasteiger partial charge in [-0.15, -0.1) is 11.3 Å². The molecule has 1 aromatic rings. The minimum Gasteiger partial charge on any atom is -0.293 e. The van der Waals surface area contributed by atoms with E-state index >= 15 is 0 Å². The maximum Gasteiger partial charge on any atom is 0.179 e. The predicted molar refractivity (Wildman–Crippen MR) is 75.7 cm³/mol. The van der Waals surface area contributed by atoms with E-state index in [1.165, 1.54) is 11.3 Å². The second kappa shape index (κ2) is 6.74. The molecule has 0 saturated carbocycles. The molecule has 0 spiro atoms. The normalized spacial score (nSPS) is 13.1. The highest BCUT2D eigenvalue weighted by molar-refractivity contribution is 7.20. The van der Waals surface area contributed by atoms with Crippen LogP contribution in [0, 0.1) is 0 Å². The molecule has 0 saturated heterocycles. The van der Waals surface area contributed by atoms with Crippen molar-refractivity contribution in [2.75, 3.05) is 13.1 Å². The van der Waals surface area contributed by atoms with Crippen LogP contribution in [0.3, 0.4) is 0 Å². The second-order valence-corrected chi connectivity index (χ2v) is 6.27. The van der Waals surface area contributed by atoms with Gasteiger partial charge in [-0.2, -0.15) is 0 Å². The van der Waals surface area contributed by atoms with Gasteiger partial charge in [0.1, 0.15) is 4.34 Å². The smallest absolute Gasteiger partial charge is 0.179 e. The largest absolute Gasteiger partial charge is 0.293 e. The Morgan fingerprint density at radius 1 is 1.47 bits per heavy atom. The van der Waals surface area contributed by atoms with Gasteiger partial charge in [0.25, 0.3) is 0 Å². The summed E-state index contributed by atoms with van der Waals surface area (Å²) in [6.45, 7) is 7.56. The van der Waals surface area contributed by atoms with Crippen LogP contribution < -0.4 is 0 Å². The lowest BCUT2D eigenvalue weighted by Gasteiger charge is -2.25. The fourth-order valence-electron chi connectivity index (χ4n) is 1.64. The summed E-state index contributed by atoms with van der Waals surface area (Å²) in [6, 6.07) is 2.05. The van der Waals surface area contributed by atoms with Crippen LogP contribution in [0.1, 0.15) is 37.6 Å². The van der Waals surface area contributed by atoms with Crippen molar-refractivity contribution in [2.24, 2.45) is 0 Å². The molecule has 0 aliphatic carbocycles. The van der Waals surface area contributed by atoms with E-state index in [1.54, 1.807) is 6.07 Å². The Labute approximate surface area is 117 Å². The summed E-state index contributed by atoms with van der Waals surface area (Å²) in [4.78, 5) is 14.2. The number of halogens is 2. The molecule has 1 atom stereocenters. The van der Waals surface area contributed by atoms with Gasteiger partial charge in [-0.1, -0.05) is 37.0 Å². The van der Waals surface area contributed by atoms with Crippen molar-refractivity contribution in [1.82, 2.24) is 4.90 Å². The van der Waals surface area contributed by atoms with Crippen LogP contribution in [0.4, 0.5) is 0 Å². The van der Waals surface area contributed by atoms with E-state index in [1.807, 2.05) is 0 Å². The summed E-state index contributed by atoms with van der Waals surface area (Å²) in [5.74, 6) is 0.0419. The summed E-state index contributed by atoms with van der Waals surface area (Å²) in [5, 5.41) is 0. The molecule has 0 fully saturated rings. The van der Waals surface area contributed by atoms with Gasteiger partial charge in [0.15, 0.2) is 5.78 Å². The molecule has 0 aliphatic rings. The van der Waals surface area contributed by atoms with Gasteiger partial charge in [0, 0.05) is 6.04 Å². The number of hydrogen-bond acceptors (Lipinski definition) is 3. The zero-order valence-electron chi connectivity index (χ0n) is 10.3. The zero-order chi connectivity index (χ0) is 13.0. The lowest BCUT2D eigenvalue weighted by Crippen LogP contribution is -2.36. The van der Waals surface area contributed by atoms with Gasteiger partial charge < -0.3 is 0 Å². The maximum absolute atomic E-state index is 12.1. The van der Waals surface area contributed by atoms with Crippen molar-refractivity contribution in [2.45, 2.75) is 33.2 Å². The number of ketones is 1. The molecule has 0 aliphatic heterocycles. The Hall–Kier alpha value is -0.0900. The van der Waals surface area contributed by atoms with Crippen molar-refractivity contribution in [3.05, 3.63) is 20.3 Å². The standard InChI is InChI=1S/C12H17Cl2NOS/c1-4-8(3)15(5-2)7-10(16)9-6-11(13)17-12(9)14/h6,8H,4-5,7H2,1-3H3. The number of rotatable bonds is 6. The van der Waals surface area contributed by atoms with Crippen LogP contribution in [0.15, 0.2) is 6.07 Å². The van der Waals surface area contributed by atoms with Crippen LogP contribution >= 0.6 is 34.5 Å². The third-order valence-electron chi connectivity index (χ3n) is 2.92. The summed E-state index contributed by atoms with van der Waals surface area (Å²) >= 11 is 13.1. The predicted octanol–water partition coefficient (Wildman–Crippen LogP) is 4.36. The number of nitrogens with zero attached hydrogens (tertiary/aromatic N) is 1. The Morgan fingerprint density at radius 3 is 2.53 bits per heavy atom. The number of thiophene rings is 1. The highest BCUT2D eigenvalue weighted by Gasteiger charge is 2.19. The van der Waals surface area contributed by atoms with E-state index < -0.39 is 0 Å². The van der Waals surface area contributed by atoms with Crippen molar-refractivity contribution in [3.63, 3.8) is 0 Å². The molecule has 0 aromatic carbocycles. The highest BCUT2D eigenvalue weighted by atomic mass is 35.5. The number of carbonyl (C=O) groups is 1. The lowest BCUT2D eigenvalue weighted by molar-refractivity contribution is 0.0903. The maximum atomic E-state index is 12.1. The number of Topliss-reactive ketones (excluding diaryl/α,β-unsaturated/α-hetero) is 1. The molecule has 1 heterocycles. The van der Waals surface area contributed by atoms with E-state index in [2.05, 4.69) is 25.7 Å². The van der Waals surface area contributed by atoms with E-state index in [-0.39, 0.29) is 5.78 Å². The second-order valence-electron chi connectivity index (χ2n) is 3.98. The molecule has 1 rings (SSSR count). The Bertz CT molecular complexity index is 392. The van der Waals surface area contributed by atoms with Crippen molar-refractivity contribution in [3.8, 4) is 0 Å². The van der Waals surface area contributed by atoms with Crippen LogP contribution in [0.2, 0.25) is 8.67 Å². The Balaban J connectivity index is 2.74. The van der Waals surface area contributed by atoms with Gasteiger partial charge >= 0.3 is 0 Å². The zero-order valence-corrected chi connectivity index (χ0v) is 12.6. The van der Waals surface area contributed by atoms with Crippen LogP contribution in [-0.4, -0.2) is 29.8 Å². The molecule has 2 nitrogen and oxygen atoms in total. The lowest BCUT2D eigenvalue weighted by atomic mass is 10.1. The minimum atomic E-state index is 0.0419. The SMILES string of the molecule is CCC(C)N(CC)CC(=O)c1cc(Cl)sc1Cl. The van der Waals surface area contributed by atoms with Crippen LogP contribution in [-0.2, 0) is 0 Å². The molecule has 96 valence electrons. The average molecular weight is 294 g/mol. The molecule has 1 unspecified atom stereocenters. The molecular formula is C12H17Cl2NOS. The average Bonchev–Trinajstić information content (AvgIpc) is 2.64. The van der Waals surface area contributed by atoms with Crippen molar-refractivity contribution >= 4 is 40.3 Å². The molecule has 17 heavy (non-hydrogen) atoms. The third kappa shape index (κ3) is 3.95. The summed E-state index contributed by atoms with van der Waals surface area (Å²) in [7, 11) is 0. The topological polar surface area (TPSA) is 20.3 Å². The Kier molecular flexibility index (Phi) is 5.93. The molecule has 0 amide bonds. The van der Waals surface area contributed by atoms with Gasteiger partial charge in [0.2, 0.25) is 0 Å². The summed E-state index contributed by atoms with van der Waals surface area (Å²) in [6.07, 6.45) is 1.03. The first-order valence-corrected chi connectivity index (χ1v) is 7.28. The van der Waals surface area contributed by atoms with E-state index in [9.17, 15) is 4.79 Å². The molecular weight excluding hydrogens is 277 g/mol. The number of likely N-dealkylation sites (N-methyl/N-ethyl adjacent to an activating group) is 1. The quantitative estimate of drug-likeness (QED) is 0.727. The van der Waals surface area contributed by atoms with Gasteiger partial charge in [-0.25, -0.2) is 0 Å². The molecule has 5 heteroatoms. The van der Waals surface area contributed by atoms with Crippen LogP contribution in [0.25, 0.3) is 0 Å². The monoisotopic (exact) mass is 293 g/mol. The highest BCUT2D eigenvalue weighted by Crippen LogP contribution is 2.31. The molecule has 1 aromatic heterocycles. The molecule has 0 N–H and O–H groups in total.